The number of aliphatic hydroxyl groups excluding tert-OH is 1. The molecule has 316 valence electrons. The Kier molecular flexibility index (Phi) is 12.8. The summed E-state index contributed by atoms with van der Waals surface area (Å²) in [5.41, 5.74) is 0.354. The fraction of sp³-hybridized carbons (Fsp3) is 0.543. The van der Waals surface area contributed by atoms with Gasteiger partial charge in [-0.1, -0.05) is 79.0 Å². The number of carbonyl (C=O) groups excluding carboxylic acids is 3. The standard InChI is InChI=1S/C24H31ClO7.C22H24ClN3O/c1-4-30-21(29)32-24(20(28)31-13-25)10-8-17-16-6-5-14-11-15(26)7-9-22(14,2)19(16)18(27)12-23(17,24)3;1-25-13-4-5-18(12-14-25)26-22(27)20-7-3-2-6-19(20)21(24-26)15-16-8-10-17(23)11-9-16/h7,9,11,16-19,27H,4-6,8,10,12-13H2,1-3H3;2-3,6-11,18H,4-5,12-15H2,1H3/t16-,17-,18-,19+,22-,23-,24-;/m0./s1. The molecule has 59 heavy (non-hydrogen) atoms. The number of nitrogens with zero attached hydrogens (tertiary/aromatic N) is 3. The Bertz CT molecular complexity index is 2190. The lowest BCUT2D eigenvalue weighted by Gasteiger charge is -2.59. The van der Waals surface area contributed by atoms with Gasteiger partial charge in [0.05, 0.1) is 29.8 Å². The molecule has 8 atom stereocenters. The summed E-state index contributed by atoms with van der Waals surface area (Å²) in [6, 6.07) is 15.5. The second-order valence-electron chi connectivity index (χ2n) is 17.3. The van der Waals surface area contributed by atoms with Crippen LogP contribution in [0.2, 0.25) is 5.02 Å². The summed E-state index contributed by atoms with van der Waals surface area (Å²) < 4.78 is 17.6. The molecule has 3 aromatic rings. The number of alkyl halides is 1. The van der Waals surface area contributed by atoms with Gasteiger partial charge in [0.2, 0.25) is 5.60 Å². The highest BCUT2D eigenvalue weighted by molar-refractivity contribution is 6.30. The van der Waals surface area contributed by atoms with Gasteiger partial charge in [-0.15, -0.1) is 0 Å². The van der Waals surface area contributed by atoms with E-state index in [4.69, 9.17) is 42.5 Å². The number of carbonyl (C=O) groups is 3. The minimum atomic E-state index is -1.57. The second kappa shape index (κ2) is 17.5. The van der Waals surface area contributed by atoms with Crippen LogP contribution in [0.1, 0.15) is 89.4 Å². The number of aliphatic hydroxyl groups is 1. The van der Waals surface area contributed by atoms with E-state index in [1.807, 2.05) is 61.5 Å². The van der Waals surface area contributed by atoms with Crippen LogP contribution in [0.15, 0.2) is 77.1 Å². The van der Waals surface area contributed by atoms with Crippen molar-refractivity contribution in [3.63, 3.8) is 0 Å². The molecule has 2 aromatic carbocycles. The zero-order chi connectivity index (χ0) is 42.1. The Morgan fingerprint density at radius 3 is 2.46 bits per heavy atom. The molecule has 13 heteroatoms. The monoisotopic (exact) mass is 847 g/mol. The van der Waals surface area contributed by atoms with E-state index in [-0.39, 0.29) is 60.7 Å². The lowest BCUT2D eigenvalue weighted by Crippen LogP contribution is -2.62. The maximum Gasteiger partial charge on any atom is 0.509 e. The van der Waals surface area contributed by atoms with Crippen molar-refractivity contribution in [1.82, 2.24) is 14.7 Å². The highest BCUT2D eigenvalue weighted by Crippen LogP contribution is 2.68. The Hall–Kier alpha value is -4.03. The van der Waals surface area contributed by atoms with E-state index in [0.29, 0.717) is 12.8 Å². The number of hydrogen-bond acceptors (Lipinski definition) is 10. The number of ketones is 1. The van der Waals surface area contributed by atoms with Crippen LogP contribution in [0, 0.1) is 28.6 Å². The number of esters is 1. The number of aromatic nitrogens is 2. The highest BCUT2D eigenvalue weighted by Gasteiger charge is 2.71. The molecule has 0 radical (unpaired) electrons. The SMILES string of the molecule is CCOC(=O)O[C@]1(C(=O)OCCl)CC[C@H]2[C@@H]3CCC4=CC(=O)C=C[C@]4(C)[C@H]3[C@@H](O)C[C@@]21C.CN1CCCC(n2nc(Cc3ccc(Cl)cc3)c3ccccc3c2=O)CC1. The molecule has 0 spiro atoms. The topological polar surface area (TPSA) is 137 Å². The van der Waals surface area contributed by atoms with Crippen molar-refractivity contribution in [3.05, 3.63) is 99.0 Å². The third-order valence-electron chi connectivity index (χ3n) is 14.1. The lowest BCUT2D eigenvalue weighted by molar-refractivity contribution is -0.199. The molecule has 8 rings (SSSR count). The van der Waals surface area contributed by atoms with E-state index < -0.39 is 34.7 Å². The molecule has 0 bridgehead atoms. The number of benzene rings is 2. The van der Waals surface area contributed by atoms with Crippen molar-refractivity contribution in [2.75, 3.05) is 32.8 Å². The lowest BCUT2D eigenvalue weighted by atomic mass is 9.46. The summed E-state index contributed by atoms with van der Waals surface area (Å²) in [6.45, 7) is 7.85. The molecule has 11 nitrogen and oxygen atoms in total. The van der Waals surface area contributed by atoms with Crippen LogP contribution in [-0.4, -0.2) is 82.2 Å². The van der Waals surface area contributed by atoms with E-state index >= 15 is 0 Å². The first kappa shape index (κ1) is 43.1. The Balaban J connectivity index is 0.000000181. The predicted molar refractivity (Wildman–Crippen MR) is 226 cm³/mol. The van der Waals surface area contributed by atoms with Crippen LogP contribution in [-0.2, 0) is 30.2 Å². The van der Waals surface area contributed by atoms with Crippen LogP contribution < -0.4 is 5.56 Å². The summed E-state index contributed by atoms with van der Waals surface area (Å²) in [7, 11) is 2.14. The summed E-state index contributed by atoms with van der Waals surface area (Å²) in [5.74, 6) is -0.676. The van der Waals surface area contributed by atoms with Crippen LogP contribution in [0.3, 0.4) is 0 Å². The largest absolute Gasteiger partial charge is 0.509 e. The zero-order valence-electron chi connectivity index (χ0n) is 34.3. The normalized spacial score (nSPS) is 31.4. The minimum Gasteiger partial charge on any atom is -0.446 e. The van der Waals surface area contributed by atoms with Gasteiger partial charge in [0.15, 0.2) is 11.8 Å². The van der Waals surface area contributed by atoms with Crippen molar-refractivity contribution < 1.29 is 33.7 Å². The maximum absolute atomic E-state index is 13.2. The molecular formula is C46H55Cl2N3O8. The zero-order valence-corrected chi connectivity index (χ0v) is 35.8. The summed E-state index contributed by atoms with van der Waals surface area (Å²) in [5, 5.41) is 18.8. The van der Waals surface area contributed by atoms with E-state index in [0.717, 1.165) is 77.8 Å². The Morgan fingerprint density at radius 2 is 1.73 bits per heavy atom. The molecule has 1 N–H and O–H groups in total. The van der Waals surface area contributed by atoms with Gasteiger partial charge in [-0.05, 0) is 126 Å². The van der Waals surface area contributed by atoms with Gasteiger partial charge >= 0.3 is 12.1 Å². The number of fused-ring (bicyclic) bond motifs is 6. The Morgan fingerprint density at radius 1 is 0.983 bits per heavy atom. The average molecular weight is 849 g/mol. The number of allylic oxidation sites excluding steroid dienone is 4. The molecule has 4 aliphatic carbocycles. The van der Waals surface area contributed by atoms with Crippen molar-refractivity contribution in [2.45, 2.75) is 96.3 Å². The first-order valence-electron chi connectivity index (χ1n) is 20.9. The van der Waals surface area contributed by atoms with Crippen LogP contribution >= 0.6 is 23.2 Å². The molecule has 5 aliphatic rings. The highest BCUT2D eigenvalue weighted by atomic mass is 35.5. The van der Waals surface area contributed by atoms with Gasteiger partial charge in [0.1, 0.15) is 0 Å². The van der Waals surface area contributed by atoms with Gasteiger partial charge in [0, 0.05) is 33.6 Å². The van der Waals surface area contributed by atoms with E-state index in [9.17, 15) is 24.3 Å². The number of halogens is 2. The summed E-state index contributed by atoms with van der Waals surface area (Å²) in [6.07, 6.45) is 10.0. The molecule has 1 saturated heterocycles. The molecule has 1 aromatic heterocycles. The molecule has 0 amide bonds. The van der Waals surface area contributed by atoms with Gasteiger partial charge < -0.3 is 24.2 Å². The average Bonchev–Trinajstić information content (AvgIpc) is 3.33. The molecule has 2 heterocycles. The molecule has 1 unspecified atom stereocenters. The first-order valence-corrected chi connectivity index (χ1v) is 21.8. The van der Waals surface area contributed by atoms with Gasteiger partial charge in [-0.3, -0.25) is 9.59 Å². The summed E-state index contributed by atoms with van der Waals surface area (Å²) in [4.78, 5) is 53.0. The number of likely N-dealkylation sites (tertiary alicyclic amines) is 1. The molecular weight excluding hydrogens is 793 g/mol. The number of hydrogen-bond donors (Lipinski definition) is 1. The van der Waals surface area contributed by atoms with Crippen LogP contribution in [0.5, 0.6) is 0 Å². The predicted octanol–water partition coefficient (Wildman–Crippen LogP) is 8.21. The van der Waals surface area contributed by atoms with E-state index in [2.05, 4.69) is 18.9 Å². The van der Waals surface area contributed by atoms with Crippen LogP contribution in [0.25, 0.3) is 10.8 Å². The maximum atomic E-state index is 13.2. The fourth-order valence-electron chi connectivity index (χ4n) is 11.2. The van der Waals surface area contributed by atoms with E-state index in [1.54, 1.807) is 23.8 Å². The van der Waals surface area contributed by atoms with Crippen molar-refractivity contribution in [2.24, 2.45) is 28.6 Å². The number of rotatable bonds is 7. The molecule has 3 saturated carbocycles. The van der Waals surface area contributed by atoms with Gasteiger partial charge in [-0.25, -0.2) is 14.3 Å². The second-order valence-corrected chi connectivity index (χ2v) is 18.0. The van der Waals surface area contributed by atoms with Gasteiger partial charge in [-0.2, -0.15) is 5.10 Å². The molecule has 4 fully saturated rings. The Labute approximate surface area is 355 Å². The third kappa shape index (κ3) is 8.12. The fourth-order valence-corrected chi connectivity index (χ4v) is 11.5. The van der Waals surface area contributed by atoms with Crippen molar-refractivity contribution in [1.29, 1.82) is 0 Å². The third-order valence-corrected chi connectivity index (χ3v) is 14.5. The molecule has 1 aliphatic heterocycles. The smallest absolute Gasteiger partial charge is 0.446 e. The van der Waals surface area contributed by atoms with Crippen molar-refractivity contribution >= 4 is 51.9 Å². The van der Waals surface area contributed by atoms with Crippen molar-refractivity contribution in [3.8, 4) is 0 Å². The quantitative estimate of drug-likeness (QED) is 0.183. The van der Waals surface area contributed by atoms with Gasteiger partial charge in [0.25, 0.3) is 5.56 Å². The van der Waals surface area contributed by atoms with E-state index in [1.165, 1.54) is 0 Å². The van der Waals surface area contributed by atoms with Crippen LogP contribution in [0.4, 0.5) is 4.79 Å². The number of ether oxygens (including phenoxy) is 3. The first-order chi connectivity index (χ1) is 28.2. The summed E-state index contributed by atoms with van der Waals surface area (Å²) >= 11 is 11.7. The minimum absolute atomic E-state index is 0.0161.